The van der Waals surface area contributed by atoms with Crippen LogP contribution in [0.5, 0.6) is 0 Å². The van der Waals surface area contributed by atoms with Crippen LogP contribution in [0.15, 0.2) is 17.0 Å². The van der Waals surface area contributed by atoms with Crippen LogP contribution in [-0.2, 0) is 14.3 Å². The fourth-order valence-electron chi connectivity index (χ4n) is 2.00. The van der Waals surface area contributed by atoms with Crippen LogP contribution < -0.4 is 5.32 Å². The Labute approximate surface area is 164 Å². The molecule has 0 fully saturated rings. The Morgan fingerprint density at radius 3 is 2.42 bits per heavy atom. The molecule has 146 valence electrons. The largest absolute Gasteiger partial charge is 0.459 e. The van der Waals surface area contributed by atoms with E-state index >= 15 is 0 Å². The highest BCUT2D eigenvalue weighted by Crippen LogP contribution is 2.36. The fourth-order valence-corrected chi connectivity index (χ4v) is 3.45. The molecule has 0 radical (unpaired) electrons. The summed E-state index contributed by atoms with van der Waals surface area (Å²) in [6.07, 6.45) is 1.38. The van der Waals surface area contributed by atoms with Gasteiger partial charge in [-0.3, -0.25) is 9.59 Å². The second kappa shape index (κ2) is 9.60. The third-order valence-corrected chi connectivity index (χ3v) is 5.02. The summed E-state index contributed by atoms with van der Waals surface area (Å²) in [5.41, 5.74) is -0.540. The highest BCUT2D eigenvalue weighted by molar-refractivity contribution is 8.00. The van der Waals surface area contributed by atoms with E-state index in [2.05, 4.69) is 5.32 Å². The van der Waals surface area contributed by atoms with Crippen LogP contribution in [0.1, 0.15) is 54.4 Å². The van der Waals surface area contributed by atoms with E-state index in [-0.39, 0.29) is 28.5 Å². The van der Waals surface area contributed by atoms with Gasteiger partial charge in [-0.2, -0.15) is 0 Å². The quantitative estimate of drug-likeness (QED) is 0.470. The molecule has 26 heavy (non-hydrogen) atoms. The van der Waals surface area contributed by atoms with Crippen molar-refractivity contribution in [3.8, 4) is 0 Å². The predicted molar refractivity (Wildman–Crippen MR) is 105 cm³/mol. The number of rotatable bonds is 7. The number of ether oxygens (including phenoxy) is 1. The number of carbonyl (C=O) groups is 2. The van der Waals surface area contributed by atoms with Crippen LogP contribution in [0.25, 0.3) is 0 Å². The summed E-state index contributed by atoms with van der Waals surface area (Å²) in [6, 6.07) is 2.62. The van der Waals surface area contributed by atoms with Crippen molar-refractivity contribution in [2.24, 2.45) is 5.92 Å². The Balaban J connectivity index is 3.07. The van der Waals surface area contributed by atoms with Gasteiger partial charge < -0.3 is 10.1 Å². The van der Waals surface area contributed by atoms with E-state index in [0.29, 0.717) is 11.3 Å². The zero-order chi connectivity index (χ0) is 20.1. The Morgan fingerprint density at radius 2 is 1.92 bits per heavy atom. The number of amides is 1. The van der Waals surface area contributed by atoms with Crippen LogP contribution in [0, 0.1) is 11.7 Å². The van der Waals surface area contributed by atoms with Crippen molar-refractivity contribution < 1.29 is 18.7 Å². The molecule has 1 aromatic carbocycles. The van der Waals surface area contributed by atoms with Gasteiger partial charge in [0, 0.05) is 10.8 Å². The predicted octanol–water partition coefficient (Wildman–Crippen LogP) is 5.68. The Bertz CT molecular complexity index is 659. The number of benzene rings is 1. The first-order valence-electron chi connectivity index (χ1n) is 8.64. The second-order valence-corrected chi connectivity index (χ2v) is 8.99. The number of nitrogens with one attached hydrogen (secondary N) is 1. The molecule has 1 N–H and O–H groups in total. The molecular weight excluding hydrogens is 377 g/mol. The maximum Gasteiger partial charge on any atom is 0.319 e. The maximum atomic E-state index is 14.1. The lowest BCUT2D eigenvalue weighted by Gasteiger charge is -2.24. The van der Waals surface area contributed by atoms with Gasteiger partial charge in [-0.25, -0.2) is 4.39 Å². The highest BCUT2D eigenvalue weighted by atomic mass is 35.5. The number of hydrogen-bond acceptors (Lipinski definition) is 4. The summed E-state index contributed by atoms with van der Waals surface area (Å²) in [5, 5.41) is 2.28. The molecule has 0 aliphatic carbocycles. The summed E-state index contributed by atoms with van der Waals surface area (Å²) < 4.78 is 19.6. The highest BCUT2D eigenvalue weighted by Gasteiger charge is 2.27. The molecular formula is C19H27ClFNO3S. The van der Waals surface area contributed by atoms with Gasteiger partial charge in [0.15, 0.2) is 0 Å². The summed E-state index contributed by atoms with van der Waals surface area (Å²) in [6.45, 7) is 10.8. The van der Waals surface area contributed by atoms with Crippen molar-refractivity contribution in [3.63, 3.8) is 0 Å². The number of carbonyl (C=O) groups excluding carboxylic acids is 2. The summed E-state index contributed by atoms with van der Waals surface area (Å²) in [4.78, 5) is 24.8. The van der Waals surface area contributed by atoms with Crippen molar-refractivity contribution in [2.75, 3.05) is 5.32 Å². The molecule has 1 amide bonds. The zero-order valence-electron chi connectivity index (χ0n) is 16.1. The van der Waals surface area contributed by atoms with E-state index < -0.39 is 16.7 Å². The summed E-state index contributed by atoms with van der Waals surface area (Å²) in [5.74, 6) is -1.52. The number of esters is 1. The van der Waals surface area contributed by atoms with E-state index in [9.17, 15) is 14.0 Å². The topological polar surface area (TPSA) is 55.4 Å². The summed E-state index contributed by atoms with van der Waals surface area (Å²) >= 11 is 7.38. The van der Waals surface area contributed by atoms with Crippen LogP contribution in [-0.4, -0.2) is 22.7 Å². The van der Waals surface area contributed by atoms with E-state index in [0.717, 1.165) is 12.5 Å². The smallest absolute Gasteiger partial charge is 0.319 e. The van der Waals surface area contributed by atoms with Gasteiger partial charge in [0.05, 0.1) is 10.7 Å². The zero-order valence-corrected chi connectivity index (χ0v) is 17.7. The van der Waals surface area contributed by atoms with Gasteiger partial charge in [-0.1, -0.05) is 38.8 Å². The summed E-state index contributed by atoms with van der Waals surface area (Å²) in [7, 11) is 0. The minimum atomic E-state index is -0.613. The molecule has 0 spiro atoms. The Kier molecular flexibility index (Phi) is 8.41. The first kappa shape index (κ1) is 22.8. The first-order valence-corrected chi connectivity index (χ1v) is 9.89. The minimum Gasteiger partial charge on any atom is -0.459 e. The molecule has 1 atom stereocenters. The second-order valence-electron chi connectivity index (χ2n) is 7.34. The molecule has 0 aliphatic rings. The average Bonchev–Trinajstić information content (AvgIpc) is 2.49. The average molecular weight is 404 g/mol. The van der Waals surface area contributed by atoms with Gasteiger partial charge in [0.25, 0.3) is 0 Å². The first-order chi connectivity index (χ1) is 11.9. The van der Waals surface area contributed by atoms with E-state index in [1.807, 2.05) is 27.7 Å². The Hall–Kier alpha value is -1.27. The molecule has 4 nitrogen and oxygen atoms in total. The molecule has 1 aromatic rings. The SMILES string of the molecule is CCCC(Sc1cc(NC(=O)C(C)C)c(F)cc1Cl)C(=O)OC(C)(C)C. The Morgan fingerprint density at radius 1 is 1.31 bits per heavy atom. The van der Waals surface area contributed by atoms with Crippen molar-refractivity contribution in [1.29, 1.82) is 0 Å². The van der Waals surface area contributed by atoms with Crippen LogP contribution in [0.4, 0.5) is 10.1 Å². The number of anilines is 1. The van der Waals surface area contributed by atoms with Gasteiger partial charge in [0.2, 0.25) is 5.91 Å². The number of halogens is 2. The normalized spacial score (nSPS) is 12.8. The minimum absolute atomic E-state index is 0.0510. The third kappa shape index (κ3) is 7.16. The molecule has 1 rings (SSSR count). The maximum absolute atomic E-state index is 14.1. The molecule has 0 bridgehead atoms. The lowest BCUT2D eigenvalue weighted by molar-refractivity contribution is -0.154. The van der Waals surface area contributed by atoms with Gasteiger partial charge in [-0.05, 0) is 39.3 Å². The molecule has 0 saturated carbocycles. The number of hydrogen-bond donors (Lipinski definition) is 1. The lowest BCUT2D eigenvalue weighted by atomic mass is 10.2. The fraction of sp³-hybridized carbons (Fsp3) is 0.579. The van der Waals surface area contributed by atoms with Crippen molar-refractivity contribution >= 4 is 40.9 Å². The molecule has 0 aromatic heterocycles. The van der Waals surface area contributed by atoms with Crippen LogP contribution in [0.2, 0.25) is 5.02 Å². The van der Waals surface area contributed by atoms with Crippen LogP contribution >= 0.6 is 23.4 Å². The molecule has 1 unspecified atom stereocenters. The molecule has 7 heteroatoms. The van der Waals surface area contributed by atoms with Crippen LogP contribution in [0.3, 0.4) is 0 Å². The van der Waals surface area contributed by atoms with Gasteiger partial charge in [-0.15, -0.1) is 11.8 Å². The monoisotopic (exact) mass is 403 g/mol. The molecule has 0 heterocycles. The van der Waals surface area contributed by atoms with Gasteiger partial charge in [0.1, 0.15) is 16.7 Å². The standard InChI is InChI=1S/C19H27ClFNO3S/c1-7-8-15(18(24)25-19(4,5)6)26-16-10-14(13(21)9-12(16)20)22-17(23)11(2)3/h9-11,15H,7-8H2,1-6H3,(H,22,23). The van der Waals surface area contributed by atoms with E-state index in [1.54, 1.807) is 13.8 Å². The van der Waals surface area contributed by atoms with E-state index in [4.69, 9.17) is 16.3 Å². The molecule has 0 aliphatic heterocycles. The van der Waals surface area contributed by atoms with Crippen molar-refractivity contribution in [2.45, 2.75) is 70.1 Å². The molecule has 0 saturated heterocycles. The third-order valence-electron chi connectivity index (χ3n) is 3.29. The van der Waals surface area contributed by atoms with E-state index in [1.165, 1.54) is 17.8 Å². The number of thioether (sulfide) groups is 1. The van der Waals surface area contributed by atoms with Gasteiger partial charge >= 0.3 is 5.97 Å². The van der Waals surface area contributed by atoms with Crippen molar-refractivity contribution in [3.05, 3.63) is 23.0 Å². The van der Waals surface area contributed by atoms with Crippen molar-refractivity contribution in [1.82, 2.24) is 0 Å². The lowest BCUT2D eigenvalue weighted by Crippen LogP contribution is -2.30.